The van der Waals surface area contributed by atoms with Gasteiger partial charge in [-0.2, -0.15) is 19.7 Å². The molecule has 0 aromatic carbocycles. The predicted molar refractivity (Wildman–Crippen MR) is 104 cm³/mol. The van der Waals surface area contributed by atoms with E-state index in [4.69, 9.17) is 0 Å². The molecule has 1 aliphatic rings. The number of fused-ring (bicyclic) bond motifs is 1. The molecule has 9 nitrogen and oxygen atoms in total. The van der Waals surface area contributed by atoms with Crippen LogP contribution in [0.25, 0.3) is 5.78 Å². The van der Waals surface area contributed by atoms with E-state index in [2.05, 4.69) is 36.9 Å². The van der Waals surface area contributed by atoms with E-state index < -0.39 is 0 Å². The number of aromatic nitrogens is 6. The summed E-state index contributed by atoms with van der Waals surface area (Å²) in [5.41, 5.74) is 2.02. The van der Waals surface area contributed by atoms with Gasteiger partial charge in [-0.15, -0.1) is 0 Å². The smallest absolute Gasteiger partial charge is 0.267 e. The van der Waals surface area contributed by atoms with Crippen LogP contribution in [-0.4, -0.2) is 55.5 Å². The second-order valence-electron chi connectivity index (χ2n) is 7.16. The summed E-state index contributed by atoms with van der Waals surface area (Å²) in [4.78, 5) is 25.2. The van der Waals surface area contributed by atoms with Gasteiger partial charge in [-0.25, -0.2) is 9.67 Å². The lowest BCUT2D eigenvalue weighted by Gasteiger charge is -2.37. The van der Waals surface area contributed by atoms with Crippen LogP contribution in [0, 0.1) is 13.8 Å². The summed E-state index contributed by atoms with van der Waals surface area (Å²) < 4.78 is 3.35. The van der Waals surface area contributed by atoms with Crippen LogP contribution < -0.4 is 15.4 Å². The van der Waals surface area contributed by atoms with Crippen molar-refractivity contribution in [1.82, 2.24) is 29.4 Å². The molecule has 4 heterocycles. The fourth-order valence-corrected chi connectivity index (χ4v) is 3.49. The number of rotatable bonds is 3. The van der Waals surface area contributed by atoms with E-state index in [-0.39, 0.29) is 11.6 Å². The minimum absolute atomic E-state index is 0.0433. The van der Waals surface area contributed by atoms with E-state index in [9.17, 15) is 4.79 Å². The molecule has 1 aliphatic heterocycles. The normalized spacial score (nSPS) is 15.1. The van der Waals surface area contributed by atoms with Crippen LogP contribution in [0.3, 0.4) is 0 Å². The fraction of sp³-hybridized carbons (Fsp3) is 0.500. The minimum atomic E-state index is -0.0659. The molecule has 0 spiro atoms. The van der Waals surface area contributed by atoms with Crippen molar-refractivity contribution >= 4 is 17.4 Å². The molecule has 0 bridgehead atoms. The van der Waals surface area contributed by atoms with E-state index in [0.717, 1.165) is 49.1 Å². The molecule has 3 aromatic heterocycles. The van der Waals surface area contributed by atoms with Gasteiger partial charge in [0, 0.05) is 43.5 Å². The van der Waals surface area contributed by atoms with Crippen molar-refractivity contribution in [2.45, 2.75) is 33.7 Å². The van der Waals surface area contributed by atoms with Gasteiger partial charge >= 0.3 is 0 Å². The summed E-state index contributed by atoms with van der Waals surface area (Å²) in [6.07, 6.45) is 1.54. The summed E-state index contributed by atoms with van der Waals surface area (Å²) in [7, 11) is 0. The summed E-state index contributed by atoms with van der Waals surface area (Å²) in [6.45, 7) is 11.3. The molecule has 0 aliphatic carbocycles. The molecule has 3 aromatic rings. The van der Waals surface area contributed by atoms with Crippen LogP contribution in [0.4, 0.5) is 11.6 Å². The second-order valence-corrected chi connectivity index (χ2v) is 7.16. The lowest BCUT2D eigenvalue weighted by Crippen LogP contribution is -2.48. The lowest BCUT2D eigenvalue weighted by molar-refractivity contribution is 0.497. The first-order valence-electron chi connectivity index (χ1n) is 9.22. The number of hydrogen-bond acceptors (Lipinski definition) is 7. The maximum absolute atomic E-state index is 12.0. The Hall–Kier alpha value is -2.97. The van der Waals surface area contributed by atoms with Gasteiger partial charge in [-0.1, -0.05) is 0 Å². The largest absolute Gasteiger partial charge is 0.353 e. The molecule has 4 rings (SSSR count). The van der Waals surface area contributed by atoms with Gasteiger partial charge in [0.1, 0.15) is 18.0 Å². The lowest BCUT2D eigenvalue weighted by atomic mass is 10.2. The zero-order valence-corrected chi connectivity index (χ0v) is 16.1. The Kier molecular flexibility index (Phi) is 4.29. The molecule has 0 atom stereocenters. The standard InChI is InChI=1S/C18H24N8O/c1-12(2)25-16(27)6-5-15(22-25)23-7-9-24(10-8-23)17-13(3)14(4)21-18-19-11-20-26(17)18/h5-6,11-12H,7-10H2,1-4H3. The van der Waals surface area contributed by atoms with Gasteiger partial charge in [0.05, 0.1) is 6.04 Å². The summed E-state index contributed by atoms with van der Waals surface area (Å²) >= 11 is 0. The van der Waals surface area contributed by atoms with Crippen LogP contribution in [-0.2, 0) is 0 Å². The Morgan fingerprint density at radius 1 is 1.04 bits per heavy atom. The van der Waals surface area contributed by atoms with E-state index in [1.54, 1.807) is 12.4 Å². The van der Waals surface area contributed by atoms with Crippen LogP contribution in [0.2, 0.25) is 0 Å². The third kappa shape index (κ3) is 3.02. The van der Waals surface area contributed by atoms with Gasteiger partial charge in [-0.3, -0.25) is 4.79 Å². The number of anilines is 2. The SMILES string of the molecule is Cc1nc2ncnn2c(N2CCN(c3ccc(=O)n(C(C)C)n3)CC2)c1C. The molecular formula is C18H24N8O. The first-order valence-corrected chi connectivity index (χ1v) is 9.22. The molecule has 1 saturated heterocycles. The van der Waals surface area contributed by atoms with Crippen LogP contribution >= 0.6 is 0 Å². The Morgan fingerprint density at radius 3 is 2.44 bits per heavy atom. The van der Waals surface area contributed by atoms with Crippen molar-refractivity contribution in [3.8, 4) is 0 Å². The van der Waals surface area contributed by atoms with E-state index >= 15 is 0 Å². The van der Waals surface area contributed by atoms with Crippen molar-refractivity contribution in [3.05, 3.63) is 40.1 Å². The van der Waals surface area contributed by atoms with Crippen LogP contribution in [0.1, 0.15) is 31.1 Å². The monoisotopic (exact) mass is 368 g/mol. The quantitative estimate of drug-likeness (QED) is 0.687. The predicted octanol–water partition coefficient (Wildman–Crippen LogP) is 1.21. The Morgan fingerprint density at radius 2 is 1.74 bits per heavy atom. The van der Waals surface area contributed by atoms with Gasteiger partial charge in [0.15, 0.2) is 0 Å². The molecule has 9 heteroatoms. The highest BCUT2D eigenvalue weighted by atomic mass is 16.1. The number of aryl methyl sites for hydroxylation is 1. The molecule has 0 saturated carbocycles. The molecular weight excluding hydrogens is 344 g/mol. The molecule has 0 amide bonds. The average Bonchev–Trinajstić information content (AvgIpc) is 3.11. The number of hydrogen-bond donors (Lipinski definition) is 0. The highest BCUT2D eigenvalue weighted by Gasteiger charge is 2.23. The molecule has 0 N–H and O–H groups in total. The second kappa shape index (κ2) is 6.64. The molecule has 1 fully saturated rings. The van der Waals surface area contributed by atoms with Crippen LogP contribution in [0.15, 0.2) is 23.3 Å². The van der Waals surface area contributed by atoms with Gasteiger partial charge < -0.3 is 9.80 Å². The molecule has 27 heavy (non-hydrogen) atoms. The van der Waals surface area contributed by atoms with Crippen molar-refractivity contribution in [2.75, 3.05) is 36.0 Å². The Balaban J connectivity index is 1.58. The fourth-order valence-electron chi connectivity index (χ4n) is 3.49. The van der Waals surface area contributed by atoms with E-state index in [0.29, 0.717) is 5.78 Å². The maximum Gasteiger partial charge on any atom is 0.267 e. The summed E-state index contributed by atoms with van der Waals surface area (Å²) in [5, 5.41) is 8.89. The minimum Gasteiger partial charge on any atom is -0.353 e. The van der Waals surface area contributed by atoms with E-state index in [1.165, 1.54) is 4.68 Å². The van der Waals surface area contributed by atoms with Crippen molar-refractivity contribution in [3.63, 3.8) is 0 Å². The number of nitrogens with zero attached hydrogens (tertiary/aromatic N) is 8. The highest BCUT2D eigenvalue weighted by Crippen LogP contribution is 2.24. The maximum atomic E-state index is 12.0. The van der Waals surface area contributed by atoms with Crippen molar-refractivity contribution in [2.24, 2.45) is 0 Å². The first-order chi connectivity index (χ1) is 13.0. The Labute approximate surface area is 157 Å². The van der Waals surface area contributed by atoms with Gasteiger partial charge in [0.2, 0.25) is 0 Å². The average molecular weight is 368 g/mol. The Bertz CT molecular complexity index is 1030. The van der Waals surface area contributed by atoms with E-state index in [1.807, 2.05) is 31.4 Å². The zero-order valence-electron chi connectivity index (χ0n) is 16.1. The first kappa shape index (κ1) is 17.4. The third-order valence-electron chi connectivity index (χ3n) is 5.08. The molecule has 0 unspecified atom stereocenters. The highest BCUT2D eigenvalue weighted by molar-refractivity contribution is 5.55. The van der Waals surface area contributed by atoms with Crippen molar-refractivity contribution in [1.29, 1.82) is 0 Å². The topological polar surface area (TPSA) is 84.5 Å². The third-order valence-corrected chi connectivity index (χ3v) is 5.08. The summed E-state index contributed by atoms with van der Waals surface area (Å²) in [5.74, 6) is 2.52. The van der Waals surface area contributed by atoms with Gasteiger partial charge in [-0.05, 0) is 33.8 Å². The summed E-state index contributed by atoms with van der Waals surface area (Å²) in [6, 6.07) is 3.46. The molecule has 0 radical (unpaired) electrons. The van der Waals surface area contributed by atoms with Crippen LogP contribution in [0.5, 0.6) is 0 Å². The zero-order chi connectivity index (χ0) is 19.1. The van der Waals surface area contributed by atoms with Crippen molar-refractivity contribution < 1.29 is 0 Å². The van der Waals surface area contributed by atoms with Gasteiger partial charge in [0.25, 0.3) is 11.3 Å². The molecule has 142 valence electrons. The number of piperazine rings is 1.